The molecule has 4 rings (SSSR count). The molecule has 21 heavy (non-hydrogen) atoms. The van der Waals surface area contributed by atoms with Crippen LogP contribution in [0, 0.1) is 16.7 Å². The highest BCUT2D eigenvalue weighted by atomic mass is 19.3. The predicted molar refractivity (Wildman–Crippen MR) is 72.0 cm³/mol. The topological polar surface area (TPSA) is 41.6 Å². The van der Waals surface area contributed by atoms with Gasteiger partial charge in [-0.15, -0.1) is 0 Å². The third kappa shape index (κ3) is 1.88. The van der Waals surface area contributed by atoms with Crippen molar-refractivity contribution in [1.82, 2.24) is 10.2 Å². The lowest BCUT2D eigenvalue weighted by molar-refractivity contribution is -0.154. The van der Waals surface area contributed by atoms with Gasteiger partial charge in [-0.25, -0.2) is 8.78 Å². The van der Waals surface area contributed by atoms with Crippen LogP contribution in [0.15, 0.2) is 0 Å². The Morgan fingerprint density at radius 3 is 2.67 bits per heavy atom. The Labute approximate surface area is 123 Å². The molecular weight excluding hydrogens is 278 g/mol. The number of carbonyl (C=O) groups is 1. The Kier molecular flexibility index (Phi) is 2.90. The van der Waals surface area contributed by atoms with E-state index in [1.54, 1.807) is 0 Å². The predicted octanol–water partition coefficient (Wildman–Crippen LogP) is 1.26. The van der Waals surface area contributed by atoms with Crippen LogP contribution in [0.2, 0.25) is 0 Å². The van der Waals surface area contributed by atoms with Gasteiger partial charge in [0.2, 0.25) is 5.91 Å². The number of nitrogens with one attached hydrogen (secondary N) is 1. The molecule has 118 valence electrons. The summed E-state index contributed by atoms with van der Waals surface area (Å²) in [5, 5.41) is 3.32. The maximum atomic E-state index is 13.4. The van der Waals surface area contributed by atoms with Crippen molar-refractivity contribution >= 4 is 5.91 Å². The molecule has 1 spiro atoms. The summed E-state index contributed by atoms with van der Waals surface area (Å²) in [6.07, 6.45) is 1.82. The summed E-state index contributed by atoms with van der Waals surface area (Å²) in [4.78, 5) is 14.8. The Balaban J connectivity index is 1.46. The van der Waals surface area contributed by atoms with Crippen LogP contribution in [-0.2, 0) is 9.53 Å². The molecule has 6 heteroatoms. The summed E-state index contributed by atoms with van der Waals surface area (Å²) in [7, 11) is 0. The van der Waals surface area contributed by atoms with Crippen LogP contribution in [0.5, 0.6) is 0 Å². The van der Waals surface area contributed by atoms with Crippen molar-refractivity contribution in [2.45, 2.75) is 31.6 Å². The minimum atomic E-state index is -2.49. The van der Waals surface area contributed by atoms with Gasteiger partial charge in [-0.2, -0.15) is 0 Å². The summed E-state index contributed by atoms with van der Waals surface area (Å²) < 4.78 is 32.4. The second-order valence-corrected chi connectivity index (χ2v) is 7.28. The van der Waals surface area contributed by atoms with E-state index in [9.17, 15) is 13.6 Å². The zero-order valence-electron chi connectivity index (χ0n) is 12.2. The summed E-state index contributed by atoms with van der Waals surface area (Å²) in [5.74, 6) is -2.04. The molecule has 0 unspecified atom stereocenters. The van der Waals surface area contributed by atoms with Gasteiger partial charge in [-0.1, -0.05) is 0 Å². The third-order valence-electron chi connectivity index (χ3n) is 6.23. The van der Waals surface area contributed by atoms with E-state index in [0.29, 0.717) is 45.0 Å². The number of rotatable bonds is 1. The van der Waals surface area contributed by atoms with Crippen LogP contribution < -0.4 is 5.32 Å². The number of piperidine rings is 1. The van der Waals surface area contributed by atoms with Gasteiger partial charge in [0.05, 0.1) is 12.0 Å². The lowest BCUT2D eigenvalue weighted by Crippen LogP contribution is -2.55. The fourth-order valence-electron chi connectivity index (χ4n) is 4.52. The fourth-order valence-corrected chi connectivity index (χ4v) is 4.52. The standard InChI is InChI=1S/C15H22F2N2O2/c16-15(17)8-13(15)2-4-19(5-3-13)12(20)14-9-18-7-11(14)1-6-21-10-14/h11,18H,1-10H2/t11-,14+/m1/s1. The highest BCUT2D eigenvalue weighted by Crippen LogP contribution is 2.66. The molecule has 4 nitrogen and oxygen atoms in total. The van der Waals surface area contributed by atoms with Gasteiger partial charge in [-0.05, 0) is 31.7 Å². The van der Waals surface area contributed by atoms with Crippen LogP contribution in [0.4, 0.5) is 8.78 Å². The van der Waals surface area contributed by atoms with Crippen molar-refractivity contribution in [3.63, 3.8) is 0 Å². The molecule has 1 N–H and O–H groups in total. The van der Waals surface area contributed by atoms with Gasteiger partial charge < -0.3 is 15.0 Å². The van der Waals surface area contributed by atoms with Gasteiger partial charge in [0, 0.05) is 38.1 Å². The summed E-state index contributed by atoms with van der Waals surface area (Å²) in [5.41, 5.74) is -1.24. The molecule has 4 fully saturated rings. The number of ether oxygens (including phenoxy) is 1. The number of carbonyl (C=O) groups excluding carboxylic acids is 1. The minimum absolute atomic E-state index is 0.0144. The van der Waals surface area contributed by atoms with Crippen molar-refractivity contribution < 1.29 is 18.3 Å². The van der Waals surface area contributed by atoms with E-state index in [2.05, 4.69) is 5.32 Å². The zero-order valence-corrected chi connectivity index (χ0v) is 12.2. The minimum Gasteiger partial charge on any atom is -0.380 e. The first-order valence-electron chi connectivity index (χ1n) is 7.95. The van der Waals surface area contributed by atoms with Gasteiger partial charge in [0.25, 0.3) is 5.92 Å². The molecule has 0 radical (unpaired) electrons. The van der Waals surface area contributed by atoms with E-state index in [4.69, 9.17) is 4.74 Å². The smallest absolute Gasteiger partial charge is 0.254 e. The lowest BCUT2D eigenvalue weighted by Gasteiger charge is -2.42. The van der Waals surface area contributed by atoms with Crippen molar-refractivity contribution in [2.24, 2.45) is 16.7 Å². The Morgan fingerprint density at radius 2 is 2.00 bits per heavy atom. The molecule has 0 aromatic carbocycles. The molecule has 0 aromatic heterocycles. The molecule has 0 aromatic rings. The van der Waals surface area contributed by atoms with Crippen LogP contribution in [0.25, 0.3) is 0 Å². The average Bonchev–Trinajstić information content (AvgIpc) is 2.86. The largest absolute Gasteiger partial charge is 0.380 e. The Hall–Kier alpha value is -0.750. The molecule has 1 saturated carbocycles. The number of halogens is 2. The van der Waals surface area contributed by atoms with Gasteiger partial charge in [-0.3, -0.25) is 4.79 Å². The maximum Gasteiger partial charge on any atom is 0.254 e. The number of alkyl halides is 2. The van der Waals surface area contributed by atoms with E-state index >= 15 is 0 Å². The van der Waals surface area contributed by atoms with Gasteiger partial charge in [0.15, 0.2) is 0 Å². The van der Waals surface area contributed by atoms with Crippen LogP contribution in [-0.4, -0.2) is 56.1 Å². The average molecular weight is 300 g/mol. The normalized spacial score (nSPS) is 40.1. The molecule has 0 bridgehead atoms. The first-order valence-corrected chi connectivity index (χ1v) is 7.95. The molecular formula is C15H22F2N2O2. The number of likely N-dealkylation sites (tertiary alicyclic amines) is 1. The lowest BCUT2D eigenvalue weighted by atomic mass is 9.74. The first kappa shape index (κ1) is 13.9. The SMILES string of the molecule is O=C(N1CCC2(CC1)CC2(F)F)[C@]12CNC[C@H]1CCOC2. The quantitative estimate of drug-likeness (QED) is 0.793. The third-order valence-corrected chi connectivity index (χ3v) is 6.23. The summed E-state index contributed by atoms with van der Waals surface area (Å²) >= 11 is 0. The Bertz CT molecular complexity index is 463. The molecule has 4 aliphatic rings. The van der Waals surface area contributed by atoms with Crippen molar-refractivity contribution in [1.29, 1.82) is 0 Å². The monoisotopic (exact) mass is 300 g/mol. The molecule has 3 saturated heterocycles. The second kappa shape index (κ2) is 4.38. The molecule has 3 heterocycles. The van der Waals surface area contributed by atoms with Crippen LogP contribution in [0.3, 0.4) is 0 Å². The Morgan fingerprint density at radius 1 is 1.29 bits per heavy atom. The summed E-state index contributed by atoms with van der Waals surface area (Å²) in [6.45, 7) is 3.67. The fraction of sp³-hybridized carbons (Fsp3) is 0.933. The number of hydrogen-bond acceptors (Lipinski definition) is 3. The number of amides is 1. The van der Waals surface area contributed by atoms with Crippen molar-refractivity contribution in [3.8, 4) is 0 Å². The van der Waals surface area contributed by atoms with E-state index in [-0.39, 0.29) is 12.3 Å². The van der Waals surface area contributed by atoms with Gasteiger partial charge in [0.1, 0.15) is 0 Å². The number of fused-ring (bicyclic) bond motifs is 1. The van der Waals surface area contributed by atoms with Gasteiger partial charge >= 0.3 is 0 Å². The van der Waals surface area contributed by atoms with E-state index < -0.39 is 16.8 Å². The molecule has 1 aliphatic carbocycles. The highest BCUT2D eigenvalue weighted by Gasteiger charge is 2.71. The van der Waals surface area contributed by atoms with Crippen LogP contribution in [0.1, 0.15) is 25.7 Å². The maximum absolute atomic E-state index is 13.4. The van der Waals surface area contributed by atoms with Crippen LogP contribution >= 0.6 is 0 Å². The number of nitrogens with zero attached hydrogens (tertiary/aromatic N) is 1. The van der Waals surface area contributed by atoms with E-state index in [0.717, 1.165) is 19.6 Å². The second-order valence-electron chi connectivity index (χ2n) is 7.28. The highest BCUT2D eigenvalue weighted by molar-refractivity contribution is 5.84. The molecule has 1 amide bonds. The number of hydrogen-bond donors (Lipinski definition) is 1. The van der Waals surface area contributed by atoms with Crippen molar-refractivity contribution in [2.75, 3.05) is 39.4 Å². The first-order chi connectivity index (χ1) is 9.99. The molecule has 3 aliphatic heterocycles. The summed E-state index contributed by atoms with van der Waals surface area (Å²) in [6, 6.07) is 0. The molecule has 2 atom stereocenters. The zero-order chi connectivity index (χ0) is 14.7. The van der Waals surface area contributed by atoms with E-state index in [1.807, 2.05) is 4.90 Å². The van der Waals surface area contributed by atoms with Crippen molar-refractivity contribution in [3.05, 3.63) is 0 Å². The van der Waals surface area contributed by atoms with E-state index in [1.165, 1.54) is 0 Å².